The van der Waals surface area contributed by atoms with Gasteiger partial charge in [0.25, 0.3) is 0 Å². The summed E-state index contributed by atoms with van der Waals surface area (Å²) in [7, 11) is 0. The van der Waals surface area contributed by atoms with Crippen LogP contribution in [0.5, 0.6) is 0 Å². The molecule has 0 saturated carbocycles. The Morgan fingerprint density at radius 3 is 2.22 bits per heavy atom. The Balaban J connectivity index is 1.70. The van der Waals surface area contributed by atoms with E-state index in [1.807, 2.05) is 41.6 Å². The maximum Gasteiger partial charge on any atom is 0.113 e. The number of pyridine rings is 1. The highest BCUT2D eigenvalue weighted by molar-refractivity contribution is 5.47. The molecule has 0 radical (unpaired) electrons. The van der Waals surface area contributed by atoms with Gasteiger partial charge in [-0.05, 0) is 29.3 Å². The fourth-order valence-electron chi connectivity index (χ4n) is 3.08. The fraction of sp³-hybridized carbons (Fsp3) is 0.150. The summed E-state index contributed by atoms with van der Waals surface area (Å²) >= 11 is 0. The van der Waals surface area contributed by atoms with Crippen LogP contribution in [0.2, 0.25) is 0 Å². The zero-order valence-electron chi connectivity index (χ0n) is 12.7. The summed E-state index contributed by atoms with van der Waals surface area (Å²) in [5.74, 6) is 0. The second kappa shape index (κ2) is 6.23. The molecule has 0 amide bonds. The van der Waals surface area contributed by atoms with Crippen molar-refractivity contribution in [3.8, 4) is 0 Å². The van der Waals surface area contributed by atoms with E-state index in [1.54, 1.807) is 6.20 Å². The number of hydrogen-bond acceptors (Lipinski definition) is 3. The smallest absolute Gasteiger partial charge is 0.113 e. The van der Waals surface area contributed by atoms with Crippen LogP contribution in [0.3, 0.4) is 0 Å². The standard InChI is InChI=1S/C20H18N2O/c1-3-8-16(9-4-1)20-14-19(17-10-7-13-21-15-17)22(23-20)18-11-5-2-6-12-18/h1-13,15,19-20H,14H2/t19-,20-/m0/s1. The van der Waals surface area contributed by atoms with Crippen LogP contribution in [0, 0.1) is 0 Å². The lowest BCUT2D eigenvalue weighted by Gasteiger charge is -2.24. The minimum Gasteiger partial charge on any atom is -0.265 e. The third kappa shape index (κ3) is 2.83. The van der Waals surface area contributed by atoms with Gasteiger partial charge in [0.05, 0.1) is 11.7 Å². The Morgan fingerprint density at radius 2 is 1.52 bits per heavy atom. The Morgan fingerprint density at radius 1 is 0.826 bits per heavy atom. The molecule has 3 heteroatoms. The van der Waals surface area contributed by atoms with Crippen LogP contribution in [-0.2, 0) is 4.84 Å². The molecule has 1 aliphatic rings. The number of anilines is 1. The highest BCUT2D eigenvalue weighted by Gasteiger charge is 2.35. The molecular formula is C20H18N2O. The summed E-state index contributed by atoms with van der Waals surface area (Å²) in [4.78, 5) is 10.6. The molecule has 0 N–H and O–H groups in total. The highest BCUT2D eigenvalue weighted by atomic mass is 16.7. The van der Waals surface area contributed by atoms with Crippen LogP contribution < -0.4 is 5.06 Å². The molecule has 0 unspecified atom stereocenters. The van der Waals surface area contributed by atoms with E-state index < -0.39 is 0 Å². The van der Waals surface area contributed by atoms with E-state index >= 15 is 0 Å². The van der Waals surface area contributed by atoms with E-state index in [9.17, 15) is 0 Å². The molecule has 4 rings (SSSR count). The topological polar surface area (TPSA) is 25.4 Å². The van der Waals surface area contributed by atoms with Gasteiger partial charge >= 0.3 is 0 Å². The van der Waals surface area contributed by atoms with E-state index in [1.165, 1.54) is 11.1 Å². The molecule has 0 aliphatic carbocycles. The van der Waals surface area contributed by atoms with Gasteiger partial charge in [-0.25, -0.2) is 5.06 Å². The van der Waals surface area contributed by atoms with Crippen LogP contribution in [-0.4, -0.2) is 4.98 Å². The molecule has 114 valence electrons. The normalized spacial score (nSPS) is 20.6. The van der Waals surface area contributed by atoms with Crippen molar-refractivity contribution in [3.63, 3.8) is 0 Å². The quantitative estimate of drug-likeness (QED) is 0.701. The number of rotatable bonds is 3. The molecule has 1 saturated heterocycles. The third-order valence-corrected chi connectivity index (χ3v) is 4.21. The Kier molecular flexibility index (Phi) is 3.78. The number of aromatic nitrogens is 1. The van der Waals surface area contributed by atoms with Gasteiger partial charge in [0.2, 0.25) is 0 Å². The van der Waals surface area contributed by atoms with Gasteiger partial charge in [0.15, 0.2) is 0 Å². The van der Waals surface area contributed by atoms with E-state index in [0.717, 1.165) is 12.1 Å². The zero-order chi connectivity index (χ0) is 15.5. The molecule has 2 atom stereocenters. The first kappa shape index (κ1) is 14.0. The number of nitrogens with zero attached hydrogens (tertiary/aromatic N) is 2. The Bertz CT molecular complexity index is 699. The summed E-state index contributed by atoms with van der Waals surface area (Å²) in [6, 6.07) is 24.9. The highest BCUT2D eigenvalue weighted by Crippen LogP contribution is 2.43. The average Bonchev–Trinajstić information content (AvgIpc) is 3.09. The van der Waals surface area contributed by atoms with Crippen molar-refractivity contribution in [1.29, 1.82) is 0 Å². The Labute approximate surface area is 136 Å². The molecule has 0 bridgehead atoms. The second-order valence-electron chi connectivity index (χ2n) is 5.70. The molecule has 2 aromatic carbocycles. The lowest BCUT2D eigenvalue weighted by atomic mass is 9.99. The van der Waals surface area contributed by atoms with Gasteiger partial charge < -0.3 is 0 Å². The first-order chi connectivity index (χ1) is 11.4. The van der Waals surface area contributed by atoms with Crippen LogP contribution in [0.15, 0.2) is 85.2 Å². The van der Waals surface area contributed by atoms with Gasteiger partial charge in [0, 0.05) is 18.8 Å². The van der Waals surface area contributed by atoms with Crippen LogP contribution in [0.25, 0.3) is 0 Å². The second-order valence-corrected chi connectivity index (χ2v) is 5.70. The van der Waals surface area contributed by atoms with Crippen molar-refractivity contribution in [1.82, 2.24) is 4.98 Å². The van der Waals surface area contributed by atoms with Crippen molar-refractivity contribution in [2.45, 2.75) is 18.6 Å². The molecule has 2 heterocycles. The fourth-order valence-corrected chi connectivity index (χ4v) is 3.08. The van der Waals surface area contributed by atoms with E-state index in [-0.39, 0.29) is 12.1 Å². The van der Waals surface area contributed by atoms with Gasteiger partial charge in [-0.2, -0.15) is 0 Å². The van der Waals surface area contributed by atoms with Crippen LogP contribution in [0.1, 0.15) is 29.7 Å². The summed E-state index contributed by atoms with van der Waals surface area (Å²) < 4.78 is 0. The average molecular weight is 302 g/mol. The van der Waals surface area contributed by atoms with Crippen molar-refractivity contribution in [2.24, 2.45) is 0 Å². The van der Waals surface area contributed by atoms with Crippen LogP contribution >= 0.6 is 0 Å². The predicted octanol–water partition coefficient (Wildman–Crippen LogP) is 4.71. The van der Waals surface area contributed by atoms with E-state index in [2.05, 4.69) is 47.4 Å². The monoisotopic (exact) mass is 302 g/mol. The van der Waals surface area contributed by atoms with Crippen molar-refractivity contribution >= 4 is 5.69 Å². The molecule has 3 aromatic rings. The first-order valence-corrected chi connectivity index (χ1v) is 7.88. The van der Waals surface area contributed by atoms with Gasteiger partial charge in [-0.15, -0.1) is 0 Å². The van der Waals surface area contributed by atoms with Gasteiger partial charge in [0.1, 0.15) is 6.10 Å². The Hall–Kier alpha value is -2.65. The summed E-state index contributed by atoms with van der Waals surface area (Å²) in [6.07, 6.45) is 4.70. The van der Waals surface area contributed by atoms with E-state index in [4.69, 9.17) is 4.84 Å². The largest absolute Gasteiger partial charge is 0.265 e. The molecule has 1 fully saturated rings. The number of hydrogen-bond donors (Lipinski definition) is 0. The number of benzene rings is 2. The van der Waals surface area contributed by atoms with Crippen molar-refractivity contribution in [3.05, 3.63) is 96.3 Å². The van der Waals surface area contributed by atoms with Crippen LogP contribution in [0.4, 0.5) is 5.69 Å². The molecular weight excluding hydrogens is 284 g/mol. The van der Waals surface area contributed by atoms with Crippen molar-refractivity contribution in [2.75, 3.05) is 5.06 Å². The maximum absolute atomic E-state index is 6.31. The predicted molar refractivity (Wildman–Crippen MR) is 90.8 cm³/mol. The maximum atomic E-state index is 6.31. The molecule has 23 heavy (non-hydrogen) atoms. The lowest BCUT2D eigenvalue weighted by molar-refractivity contribution is 0.0836. The van der Waals surface area contributed by atoms with E-state index in [0.29, 0.717) is 0 Å². The lowest BCUT2D eigenvalue weighted by Crippen LogP contribution is -2.21. The minimum absolute atomic E-state index is 0.0570. The molecule has 0 spiro atoms. The summed E-state index contributed by atoms with van der Waals surface area (Å²) in [5, 5.41) is 2.02. The third-order valence-electron chi connectivity index (χ3n) is 4.21. The molecule has 1 aromatic heterocycles. The minimum atomic E-state index is 0.0570. The summed E-state index contributed by atoms with van der Waals surface area (Å²) in [5.41, 5.74) is 3.45. The van der Waals surface area contributed by atoms with Crippen molar-refractivity contribution < 1.29 is 4.84 Å². The first-order valence-electron chi connectivity index (χ1n) is 7.88. The van der Waals surface area contributed by atoms with Gasteiger partial charge in [-0.1, -0.05) is 54.6 Å². The summed E-state index contributed by atoms with van der Waals surface area (Å²) in [6.45, 7) is 0. The number of para-hydroxylation sites is 1. The zero-order valence-corrected chi connectivity index (χ0v) is 12.7. The van der Waals surface area contributed by atoms with Gasteiger partial charge in [-0.3, -0.25) is 9.82 Å². The number of hydroxylamine groups is 1. The SMILES string of the molecule is c1ccc([C@@H]2C[C@@H](c3cccnc3)N(c3ccccc3)O2)cc1. The molecule has 1 aliphatic heterocycles. The molecule has 3 nitrogen and oxygen atoms in total.